The summed E-state index contributed by atoms with van der Waals surface area (Å²) < 4.78 is 20.6. The van der Waals surface area contributed by atoms with E-state index in [1.807, 2.05) is 0 Å². The van der Waals surface area contributed by atoms with Gasteiger partial charge in [-0.05, 0) is 6.42 Å². The molecule has 0 aromatic carbocycles. The molecule has 0 bridgehead atoms. The van der Waals surface area contributed by atoms with E-state index in [0.29, 0.717) is 39.6 Å². The molecule has 0 aliphatic rings. The Morgan fingerprint density at radius 2 is 0.889 bits per heavy atom. The van der Waals surface area contributed by atoms with Crippen molar-refractivity contribution < 1.29 is 18.9 Å². The Kier molecular flexibility index (Phi) is 24.7. The van der Waals surface area contributed by atoms with E-state index in [1.165, 1.54) is 12.8 Å². The first-order valence-electron chi connectivity index (χ1n) is 7.05. The molecule has 0 unspecified atom stereocenters. The SMILES string of the molecule is CCCC.CCCOCCOCCOCCOC. The molecule has 0 spiro atoms. The zero-order chi connectivity index (χ0) is 13.9. The lowest BCUT2D eigenvalue weighted by Crippen LogP contribution is -2.11. The molecule has 0 amide bonds. The lowest BCUT2D eigenvalue weighted by molar-refractivity contribution is 0.00377. The van der Waals surface area contributed by atoms with Crippen LogP contribution in [0.5, 0.6) is 0 Å². The van der Waals surface area contributed by atoms with Crippen LogP contribution in [-0.2, 0) is 18.9 Å². The minimum atomic E-state index is 0.622. The Bertz CT molecular complexity index is 106. The Morgan fingerprint density at radius 1 is 0.500 bits per heavy atom. The van der Waals surface area contributed by atoms with Gasteiger partial charge in [0.1, 0.15) is 0 Å². The number of methoxy groups -OCH3 is 1. The minimum Gasteiger partial charge on any atom is -0.382 e. The van der Waals surface area contributed by atoms with Gasteiger partial charge < -0.3 is 18.9 Å². The molecule has 4 nitrogen and oxygen atoms in total. The molecule has 0 fully saturated rings. The number of rotatable bonds is 12. The second kappa shape index (κ2) is 22.1. The van der Waals surface area contributed by atoms with Crippen LogP contribution in [0.2, 0.25) is 0 Å². The predicted molar refractivity (Wildman–Crippen MR) is 75.2 cm³/mol. The summed E-state index contributed by atoms with van der Waals surface area (Å²) in [6.07, 6.45) is 3.69. The van der Waals surface area contributed by atoms with E-state index in [9.17, 15) is 0 Å². The van der Waals surface area contributed by atoms with Crippen LogP contribution >= 0.6 is 0 Å². The molecular weight excluding hydrogens is 232 g/mol. The van der Waals surface area contributed by atoms with Crippen molar-refractivity contribution in [2.24, 2.45) is 0 Å². The highest BCUT2D eigenvalue weighted by molar-refractivity contribution is 4.33. The number of hydrogen-bond acceptors (Lipinski definition) is 4. The van der Waals surface area contributed by atoms with Crippen molar-refractivity contribution in [1.82, 2.24) is 0 Å². The first-order chi connectivity index (χ1) is 8.83. The third-order valence-corrected chi connectivity index (χ3v) is 2.02. The molecule has 0 aliphatic carbocycles. The summed E-state index contributed by atoms with van der Waals surface area (Å²) in [5.74, 6) is 0. The van der Waals surface area contributed by atoms with Gasteiger partial charge in [-0.3, -0.25) is 0 Å². The van der Waals surface area contributed by atoms with Crippen molar-refractivity contribution in [3.05, 3.63) is 0 Å². The molecule has 0 saturated heterocycles. The molecular formula is C14H32O4. The summed E-state index contributed by atoms with van der Waals surface area (Å²) in [5.41, 5.74) is 0. The van der Waals surface area contributed by atoms with Crippen LogP contribution in [0.3, 0.4) is 0 Å². The minimum absolute atomic E-state index is 0.622. The average Bonchev–Trinajstić information content (AvgIpc) is 2.41. The van der Waals surface area contributed by atoms with Gasteiger partial charge in [0, 0.05) is 13.7 Å². The predicted octanol–water partition coefficient (Wildman–Crippen LogP) is 2.90. The lowest BCUT2D eigenvalue weighted by Gasteiger charge is -2.05. The number of ether oxygens (including phenoxy) is 4. The van der Waals surface area contributed by atoms with Gasteiger partial charge in [-0.1, -0.05) is 33.6 Å². The van der Waals surface area contributed by atoms with E-state index in [2.05, 4.69) is 20.8 Å². The van der Waals surface area contributed by atoms with Gasteiger partial charge in [-0.25, -0.2) is 0 Å². The number of unbranched alkanes of at least 4 members (excludes halogenated alkanes) is 1. The van der Waals surface area contributed by atoms with Crippen molar-refractivity contribution in [3.8, 4) is 0 Å². The highest BCUT2D eigenvalue weighted by atomic mass is 16.6. The smallest absolute Gasteiger partial charge is 0.0701 e. The summed E-state index contributed by atoms with van der Waals surface area (Å²) >= 11 is 0. The fraction of sp³-hybridized carbons (Fsp3) is 1.00. The monoisotopic (exact) mass is 264 g/mol. The molecule has 0 aliphatic heterocycles. The molecule has 0 radical (unpaired) electrons. The van der Waals surface area contributed by atoms with Gasteiger partial charge in [-0.2, -0.15) is 0 Å². The number of hydrogen-bond donors (Lipinski definition) is 0. The fourth-order valence-corrected chi connectivity index (χ4v) is 0.828. The third kappa shape index (κ3) is 24.9. The summed E-state index contributed by atoms with van der Waals surface area (Å²) in [7, 11) is 1.66. The maximum Gasteiger partial charge on any atom is 0.0701 e. The molecule has 0 aromatic heterocycles. The second-order valence-corrected chi connectivity index (χ2v) is 3.83. The van der Waals surface area contributed by atoms with Crippen LogP contribution < -0.4 is 0 Å². The maximum atomic E-state index is 5.27. The van der Waals surface area contributed by atoms with E-state index in [0.717, 1.165) is 13.0 Å². The summed E-state index contributed by atoms with van der Waals surface area (Å²) in [4.78, 5) is 0. The Hall–Kier alpha value is -0.160. The quantitative estimate of drug-likeness (QED) is 0.508. The van der Waals surface area contributed by atoms with Crippen LogP contribution in [-0.4, -0.2) is 53.4 Å². The standard InChI is InChI=1S/C10H22O4.C4H10/c1-3-4-12-7-8-14-10-9-13-6-5-11-2;1-3-4-2/h3-10H2,1-2H3;3-4H2,1-2H3. The summed E-state index contributed by atoms with van der Waals surface area (Å²) in [6.45, 7) is 11.1. The third-order valence-electron chi connectivity index (χ3n) is 2.02. The Labute approximate surface area is 113 Å². The van der Waals surface area contributed by atoms with E-state index in [4.69, 9.17) is 18.9 Å². The van der Waals surface area contributed by atoms with Gasteiger partial charge >= 0.3 is 0 Å². The molecule has 0 saturated carbocycles. The first-order valence-corrected chi connectivity index (χ1v) is 7.05. The summed E-state index contributed by atoms with van der Waals surface area (Å²) in [6, 6.07) is 0. The second-order valence-electron chi connectivity index (χ2n) is 3.83. The van der Waals surface area contributed by atoms with Crippen LogP contribution in [0.4, 0.5) is 0 Å². The molecule has 18 heavy (non-hydrogen) atoms. The van der Waals surface area contributed by atoms with Crippen LogP contribution in [0.25, 0.3) is 0 Å². The fourth-order valence-electron chi connectivity index (χ4n) is 0.828. The van der Waals surface area contributed by atoms with Gasteiger partial charge in [0.15, 0.2) is 0 Å². The first kappa shape index (κ1) is 20.2. The lowest BCUT2D eigenvalue weighted by atomic mass is 10.4. The molecule has 0 rings (SSSR count). The highest BCUT2D eigenvalue weighted by Gasteiger charge is 1.90. The highest BCUT2D eigenvalue weighted by Crippen LogP contribution is 1.83. The van der Waals surface area contributed by atoms with Gasteiger partial charge in [0.05, 0.1) is 39.6 Å². The van der Waals surface area contributed by atoms with Crippen molar-refractivity contribution in [1.29, 1.82) is 0 Å². The van der Waals surface area contributed by atoms with E-state index >= 15 is 0 Å². The van der Waals surface area contributed by atoms with E-state index in [-0.39, 0.29) is 0 Å². The van der Waals surface area contributed by atoms with Crippen LogP contribution in [0.15, 0.2) is 0 Å². The molecule has 4 heteroatoms. The molecule has 0 heterocycles. The van der Waals surface area contributed by atoms with Crippen molar-refractivity contribution >= 4 is 0 Å². The van der Waals surface area contributed by atoms with Gasteiger partial charge in [0.2, 0.25) is 0 Å². The van der Waals surface area contributed by atoms with Crippen molar-refractivity contribution in [2.45, 2.75) is 40.0 Å². The molecule has 0 atom stereocenters. The largest absolute Gasteiger partial charge is 0.382 e. The van der Waals surface area contributed by atoms with Crippen molar-refractivity contribution in [2.75, 3.05) is 53.4 Å². The molecule has 112 valence electrons. The van der Waals surface area contributed by atoms with Crippen molar-refractivity contribution in [3.63, 3.8) is 0 Å². The molecule has 0 N–H and O–H groups in total. The Morgan fingerprint density at radius 3 is 1.22 bits per heavy atom. The van der Waals surface area contributed by atoms with Crippen LogP contribution in [0.1, 0.15) is 40.0 Å². The van der Waals surface area contributed by atoms with E-state index in [1.54, 1.807) is 7.11 Å². The Balaban J connectivity index is 0. The van der Waals surface area contributed by atoms with Gasteiger partial charge in [0.25, 0.3) is 0 Å². The zero-order valence-electron chi connectivity index (χ0n) is 12.7. The normalized spacial score (nSPS) is 10.0. The zero-order valence-corrected chi connectivity index (χ0v) is 12.7. The van der Waals surface area contributed by atoms with Crippen LogP contribution in [0, 0.1) is 0 Å². The molecule has 0 aromatic rings. The average molecular weight is 264 g/mol. The maximum absolute atomic E-state index is 5.27. The topological polar surface area (TPSA) is 36.9 Å². The van der Waals surface area contributed by atoms with Gasteiger partial charge in [-0.15, -0.1) is 0 Å². The van der Waals surface area contributed by atoms with E-state index < -0.39 is 0 Å². The summed E-state index contributed by atoms with van der Waals surface area (Å²) in [5, 5.41) is 0.